The Hall–Kier alpha value is -1.07. The zero-order valence-electron chi connectivity index (χ0n) is 13.4. The maximum Gasteiger partial charge on any atom is 0.148 e. The standard InChI is InChI=1S/C20H18BrIO/c1-20(2,3)15-8-4-14(5-9-15)19-17(22)12-18(23-19)13-6-10-16(21)11-7-13/h4-12H,1-3H3. The summed E-state index contributed by atoms with van der Waals surface area (Å²) in [5.74, 6) is 1.83. The van der Waals surface area contributed by atoms with Crippen LogP contribution in [0.4, 0.5) is 0 Å². The summed E-state index contributed by atoms with van der Waals surface area (Å²) in [6.45, 7) is 6.68. The van der Waals surface area contributed by atoms with Gasteiger partial charge < -0.3 is 4.42 Å². The van der Waals surface area contributed by atoms with E-state index < -0.39 is 0 Å². The van der Waals surface area contributed by atoms with Crippen LogP contribution in [-0.2, 0) is 5.41 Å². The van der Waals surface area contributed by atoms with Gasteiger partial charge in [-0.05, 0) is 51.8 Å². The average molecular weight is 481 g/mol. The normalized spacial score (nSPS) is 11.7. The fraction of sp³-hybridized carbons (Fsp3) is 0.200. The van der Waals surface area contributed by atoms with Gasteiger partial charge in [-0.2, -0.15) is 0 Å². The lowest BCUT2D eigenvalue weighted by atomic mass is 9.86. The fourth-order valence-electron chi connectivity index (χ4n) is 2.44. The van der Waals surface area contributed by atoms with Crippen molar-refractivity contribution in [2.45, 2.75) is 26.2 Å². The van der Waals surface area contributed by atoms with E-state index >= 15 is 0 Å². The molecule has 118 valence electrons. The van der Waals surface area contributed by atoms with Crippen molar-refractivity contribution in [1.29, 1.82) is 0 Å². The molecule has 0 fully saturated rings. The molecule has 2 aromatic carbocycles. The Morgan fingerprint density at radius 3 is 2.00 bits per heavy atom. The summed E-state index contributed by atoms with van der Waals surface area (Å²) < 4.78 is 8.33. The van der Waals surface area contributed by atoms with Crippen molar-refractivity contribution in [1.82, 2.24) is 0 Å². The topological polar surface area (TPSA) is 13.1 Å². The van der Waals surface area contributed by atoms with Crippen LogP contribution in [0.1, 0.15) is 26.3 Å². The van der Waals surface area contributed by atoms with Gasteiger partial charge in [0.05, 0.1) is 3.57 Å². The second kappa shape index (κ2) is 6.44. The van der Waals surface area contributed by atoms with Crippen LogP contribution in [0, 0.1) is 3.57 Å². The van der Waals surface area contributed by atoms with Crippen molar-refractivity contribution in [3.8, 4) is 22.6 Å². The predicted octanol–water partition coefficient (Wildman–Crippen LogP) is 7.28. The molecule has 0 amide bonds. The van der Waals surface area contributed by atoms with E-state index in [0.29, 0.717) is 0 Å². The molecule has 0 N–H and O–H groups in total. The van der Waals surface area contributed by atoms with Gasteiger partial charge in [0.15, 0.2) is 0 Å². The molecular weight excluding hydrogens is 463 g/mol. The van der Waals surface area contributed by atoms with E-state index in [1.165, 1.54) is 5.56 Å². The highest BCUT2D eigenvalue weighted by Crippen LogP contribution is 2.35. The smallest absolute Gasteiger partial charge is 0.148 e. The highest BCUT2D eigenvalue weighted by Gasteiger charge is 2.16. The van der Waals surface area contributed by atoms with Crippen molar-refractivity contribution in [2.75, 3.05) is 0 Å². The van der Waals surface area contributed by atoms with Gasteiger partial charge in [0, 0.05) is 15.6 Å². The van der Waals surface area contributed by atoms with Crippen LogP contribution >= 0.6 is 38.5 Å². The summed E-state index contributed by atoms with van der Waals surface area (Å²) in [5, 5.41) is 0. The van der Waals surface area contributed by atoms with E-state index in [1.807, 2.05) is 12.1 Å². The first-order chi connectivity index (χ1) is 10.8. The number of hydrogen-bond donors (Lipinski definition) is 0. The van der Waals surface area contributed by atoms with E-state index in [-0.39, 0.29) is 5.41 Å². The molecule has 23 heavy (non-hydrogen) atoms. The van der Waals surface area contributed by atoms with Crippen LogP contribution in [0.15, 0.2) is 63.5 Å². The predicted molar refractivity (Wildman–Crippen MR) is 109 cm³/mol. The van der Waals surface area contributed by atoms with Gasteiger partial charge in [-0.1, -0.05) is 73.1 Å². The number of rotatable bonds is 2. The minimum Gasteiger partial charge on any atom is -0.455 e. The van der Waals surface area contributed by atoms with Gasteiger partial charge in [-0.3, -0.25) is 0 Å². The Labute approximate surface area is 159 Å². The zero-order chi connectivity index (χ0) is 16.6. The summed E-state index contributed by atoms with van der Waals surface area (Å²) in [7, 11) is 0. The minimum atomic E-state index is 0.164. The lowest BCUT2D eigenvalue weighted by molar-refractivity contribution is 0.587. The third-order valence-electron chi connectivity index (χ3n) is 3.83. The van der Waals surface area contributed by atoms with Gasteiger partial charge in [0.2, 0.25) is 0 Å². The van der Waals surface area contributed by atoms with E-state index in [9.17, 15) is 0 Å². The summed E-state index contributed by atoms with van der Waals surface area (Å²) >= 11 is 5.80. The Morgan fingerprint density at radius 2 is 1.43 bits per heavy atom. The molecule has 0 aliphatic rings. The Balaban J connectivity index is 1.96. The first-order valence-electron chi connectivity index (χ1n) is 7.51. The number of benzene rings is 2. The summed E-state index contributed by atoms with van der Waals surface area (Å²) in [6, 6.07) is 18.9. The molecule has 0 atom stereocenters. The molecule has 0 saturated heterocycles. The van der Waals surface area contributed by atoms with Crippen molar-refractivity contribution < 1.29 is 4.42 Å². The molecule has 3 heteroatoms. The van der Waals surface area contributed by atoms with Crippen molar-refractivity contribution in [2.24, 2.45) is 0 Å². The zero-order valence-corrected chi connectivity index (χ0v) is 17.1. The third kappa shape index (κ3) is 3.72. The molecule has 1 aromatic heterocycles. The lowest BCUT2D eigenvalue weighted by Gasteiger charge is -2.18. The monoisotopic (exact) mass is 480 g/mol. The Bertz CT molecular complexity index is 808. The van der Waals surface area contributed by atoms with E-state index in [2.05, 4.69) is 102 Å². The molecule has 3 aromatic rings. The number of halogens is 2. The molecule has 0 saturated carbocycles. The molecule has 3 rings (SSSR count). The molecule has 0 aliphatic carbocycles. The summed E-state index contributed by atoms with van der Waals surface area (Å²) in [4.78, 5) is 0. The molecular formula is C20H18BrIO. The highest BCUT2D eigenvalue weighted by molar-refractivity contribution is 14.1. The van der Waals surface area contributed by atoms with Gasteiger partial charge in [-0.25, -0.2) is 0 Å². The SMILES string of the molecule is CC(C)(C)c1ccc(-c2oc(-c3ccc(Br)cc3)cc2I)cc1. The number of hydrogen-bond acceptors (Lipinski definition) is 1. The van der Waals surface area contributed by atoms with Crippen molar-refractivity contribution >= 4 is 38.5 Å². The maximum absolute atomic E-state index is 6.13. The summed E-state index contributed by atoms with van der Waals surface area (Å²) in [5.41, 5.74) is 3.70. The molecule has 0 unspecified atom stereocenters. The minimum absolute atomic E-state index is 0.164. The van der Waals surface area contributed by atoms with Crippen molar-refractivity contribution in [3.63, 3.8) is 0 Å². The second-order valence-electron chi connectivity index (χ2n) is 6.62. The van der Waals surface area contributed by atoms with Crippen LogP contribution in [0.2, 0.25) is 0 Å². The average Bonchev–Trinajstić information content (AvgIpc) is 2.89. The van der Waals surface area contributed by atoms with Gasteiger partial charge >= 0.3 is 0 Å². The Kier molecular flexibility index (Phi) is 4.70. The molecule has 1 nitrogen and oxygen atoms in total. The first kappa shape index (κ1) is 16.8. The number of furan rings is 1. The summed E-state index contributed by atoms with van der Waals surface area (Å²) in [6.07, 6.45) is 0. The van der Waals surface area contributed by atoms with E-state index in [4.69, 9.17) is 4.42 Å². The second-order valence-corrected chi connectivity index (χ2v) is 8.70. The highest BCUT2D eigenvalue weighted by atomic mass is 127. The molecule has 0 bridgehead atoms. The largest absolute Gasteiger partial charge is 0.455 e. The molecule has 0 aliphatic heterocycles. The van der Waals surface area contributed by atoms with Crippen molar-refractivity contribution in [3.05, 3.63) is 68.2 Å². The van der Waals surface area contributed by atoms with Crippen LogP contribution in [0.25, 0.3) is 22.6 Å². The van der Waals surface area contributed by atoms with Crippen LogP contribution in [0.3, 0.4) is 0 Å². The van der Waals surface area contributed by atoms with Gasteiger partial charge in [-0.15, -0.1) is 0 Å². The quantitative estimate of drug-likeness (QED) is 0.351. The fourth-order valence-corrected chi connectivity index (χ4v) is 3.41. The van der Waals surface area contributed by atoms with Gasteiger partial charge in [0.25, 0.3) is 0 Å². The van der Waals surface area contributed by atoms with E-state index in [0.717, 1.165) is 30.7 Å². The maximum atomic E-state index is 6.13. The lowest BCUT2D eigenvalue weighted by Crippen LogP contribution is -2.10. The van der Waals surface area contributed by atoms with Crippen LogP contribution < -0.4 is 0 Å². The molecule has 0 spiro atoms. The third-order valence-corrected chi connectivity index (χ3v) is 5.16. The van der Waals surface area contributed by atoms with Crippen LogP contribution in [0.5, 0.6) is 0 Å². The van der Waals surface area contributed by atoms with Crippen LogP contribution in [-0.4, -0.2) is 0 Å². The van der Waals surface area contributed by atoms with Gasteiger partial charge in [0.1, 0.15) is 11.5 Å². The Morgan fingerprint density at radius 1 is 0.870 bits per heavy atom. The van der Waals surface area contributed by atoms with E-state index in [1.54, 1.807) is 0 Å². The first-order valence-corrected chi connectivity index (χ1v) is 9.38. The molecule has 1 heterocycles. The molecule has 0 radical (unpaired) electrons.